The van der Waals surface area contributed by atoms with Crippen molar-refractivity contribution >= 4 is 33.3 Å². The lowest BCUT2D eigenvalue weighted by Crippen LogP contribution is -2.56. The van der Waals surface area contributed by atoms with Gasteiger partial charge in [0, 0.05) is 37.6 Å². The lowest BCUT2D eigenvalue weighted by atomic mass is 9.96. The highest BCUT2D eigenvalue weighted by atomic mass is 32.1. The summed E-state index contributed by atoms with van der Waals surface area (Å²) in [6.07, 6.45) is 4.71. The molecule has 2 aliphatic heterocycles. The second kappa shape index (κ2) is 8.14. The maximum atomic E-state index is 11.8. The number of thiophene rings is 1. The minimum Gasteiger partial charge on any atom is -0.379 e. The molecule has 3 N–H and O–H groups in total. The summed E-state index contributed by atoms with van der Waals surface area (Å²) in [5, 5.41) is 4.43. The smallest absolute Gasteiger partial charge is 0.236 e. The number of piperazine rings is 1. The van der Waals surface area contributed by atoms with Crippen molar-refractivity contribution in [2.24, 2.45) is 5.73 Å². The summed E-state index contributed by atoms with van der Waals surface area (Å²) < 4.78 is 5.48. The average molecular weight is 417 g/mol. The third-order valence-electron chi connectivity index (χ3n) is 6.13. The van der Waals surface area contributed by atoms with Crippen molar-refractivity contribution in [1.82, 2.24) is 20.2 Å². The maximum absolute atomic E-state index is 11.8. The van der Waals surface area contributed by atoms with Crippen LogP contribution in [0.1, 0.15) is 29.1 Å². The molecule has 2 aromatic rings. The lowest BCUT2D eigenvalue weighted by Gasteiger charge is -2.34. The quantitative estimate of drug-likeness (QED) is 0.756. The number of nitrogens with one attached hydrogen (secondary N) is 1. The first kappa shape index (κ1) is 19.2. The van der Waals surface area contributed by atoms with Crippen molar-refractivity contribution in [3.05, 3.63) is 16.3 Å². The number of amides is 1. The Morgan fingerprint density at radius 3 is 2.86 bits per heavy atom. The number of nitrogens with two attached hydrogens (primary N) is 1. The summed E-state index contributed by atoms with van der Waals surface area (Å²) in [6, 6.07) is -0.342. The molecule has 156 valence electrons. The Kier molecular flexibility index (Phi) is 5.38. The van der Waals surface area contributed by atoms with Gasteiger partial charge in [0.1, 0.15) is 22.5 Å². The normalized spacial score (nSPS) is 23.3. The molecule has 0 saturated carbocycles. The van der Waals surface area contributed by atoms with E-state index in [1.165, 1.54) is 28.7 Å². The molecular formula is C20H28N6O2S. The zero-order chi connectivity index (χ0) is 19.8. The van der Waals surface area contributed by atoms with E-state index in [4.69, 9.17) is 20.4 Å². The first-order valence-electron chi connectivity index (χ1n) is 10.6. The first-order valence-corrected chi connectivity index (χ1v) is 11.4. The fourth-order valence-electron chi connectivity index (χ4n) is 4.57. The molecule has 29 heavy (non-hydrogen) atoms. The van der Waals surface area contributed by atoms with Gasteiger partial charge in [0.05, 0.1) is 25.1 Å². The maximum Gasteiger partial charge on any atom is 0.236 e. The minimum absolute atomic E-state index is 0.305. The van der Waals surface area contributed by atoms with Crippen molar-refractivity contribution in [3.8, 4) is 0 Å². The number of rotatable bonds is 4. The van der Waals surface area contributed by atoms with E-state index < -0.39 is 0 Å². The number of nitrogens with zero attached hydrogens (tertiary/aromatic N) is 4. The van der Waals surface area contributed by atoms with Gasteiger partial charge in [0.25, 0.3) is 0 Å². The summed E-state index contributed by atoms with van der Waals surface area (Å²) in [6.45, 7) is 6.19. The molecule has 2 aromatic heterocycles. The topological polar surface area (TPSA) is 96.6 Å². The molecule has 2 saturated heterocycles. The van der Waals surface area contributed by atoms with Crippen LogP contribution in [-0.2, 0) is 28.9 Å². The van der Waals surface area contributed by atoms with Crippen LogP contribution >= 0.6 is 11.3 Å². The Hall–Kier alpha value is -1.81. The van der Waals surface area contributed by atoms with Gasteiger partial charge in [-0.05, 0) is 31.2 Å². The third-order valence-corrected chi connectivity index (χ3v) is 7.31. The summed E-state index contributed by atoms with van der Waals surface area (Å²) >= 11 is 1.83. The van der Waals surface area contributed by atoms with Gasteiger partial charge in [0.2, 0.25) is 5.91 Å². The molecule has 1 aliphatic carbocycles. The summed E-state index contributed by atoms with van der Waals surface area (Å²) in [5.74, 6) is 1.55. The number of aromatic nitrogens is 2. The lowest BCUT2D eigenvalue weighted by molar-refractivity contribution is -0.120. The molecular weight excluding hydrogens is 388 g/mol. The van der Waals surface area contributed by atoms with E-state index in [0.29, 0.717) is 6.54 Å². The molecule has 1 amide bonds. The van der Waals surface area contributed by atoms with Crippen molar-refractivity contribution in [2.75, 3.05) is 50.8 Å². The fourth-order valence-corrected chi connectivity index (χ4v) is 5.85. The number of anilines is 1. The summed E-state index contributed by atoms with van der Waals surface area (Å²) in [4.78, 5) is 29.0. The molecule has 1 atom stereocenters. The van der Waals surface area contributed by atoms with Crippen LogP contribution in [0, 0.1) is 0 Å². The van der Waals surface area contributed by atoms with Crippen LogP contribution in [0.4, 0.5) is 5.82 Å². The number of carbonyl (C=O) groups is 1. The highest BCUT2D eigenvalue weighted by molar-refractivity contribution is 7.19. The third kappa shape index (κ3) is 3.84. The summed E-state index contributed by atoms with van der Waals surface area (Å²) in [5.41, 5.74) is 7.02. The van der Waals surface area contributed by atoms with Crippen molar-refractivity contribution in [3.63, 3.8) is 0 Å². The van der Waals surface area contributed by atoms with Crippen molar-refractivity contribution in [1.29, 1.82) is 0 Å². The van der Waals surface area contributed by atoms with Crippen LogP contribution in [0.5, 0.6) is 0 Å². The molecule has 4 heterocycles. The highest BCUT2D eigenvalue weighted by Crippen LogP contribution is 2.40. The van der Waals surface area contributed by atoms with E-state index in [-0.39, 0.29) is 11.9 Å². The van der Waals surface area contributed by atoms with Crippen molar-refractivity contribution < 1.29 is 9.53 Å². The first-order chi connectivity index (χ1) is 14.2. The van der Waals surface area contributed by atoms with Crippen LogP contribution in [0.2, 0.25) is 0 Å². The number of aryl methyl sites for hydroxylation is 2. The Bertz CT molecular complexity index is 910. The second-order valence-electron chi connectivity index (χ2n) is 8.10. The van der Waals surface area contributed by atoms with Gasteiger partial charge in [-0.1, -0.05) is 0 Å². The zero-order valence-corrected chi connectivity index (χ0v) is 17.5. The molecule has 3 aliphatic rings. The van der Waals surface area contributed by atoms with E-state index >= 15 is 0 Å². The second-order valence-corrected chi connectivity index (χ2v) is 9.18. The predicted molar refractivity (Wildman–Crippen MR) is 113 cm³/mol. The fraction of sp³-hybridized carbons (Fsp3) is 0.650. The predicted octanol–water partition coefficient (Wildman–Crippen LogP) is 0.666. The minimum atomic E-state index is -0.342. The Morgan fingerprint density at radius 2 is 2.03 bits per heavy atom. The van der Waals surface area contributed by atoms with Gasteiger partial charge in [-0.25, -0.2) is 9.97 Å². The van der Waals surface area contributed by atoms with E-state index in [1.54, 1.807) is 0 Å². The molecule has 1 unspecified atom stereocenters. The van der Waals surface area contributed by atoms with Crippen LogP contribution < -0.4 is 16.0 Å². The average Bonchev–Trinajstić information content (AvgIpc) is 3.12. The van der Waals surface area contributed by atoms with Crippen LogP contribution in [0.15, 0.2) is 0 Å². The number of morpholine rings is 1. The van der Waals surface area contributed by atoms with E-state index in [2.05, 4.69) is 15.1 Å². The molecule has 0 bridgehead atoms. The number of ether oxygens (including phenoxy) is 1. The van der Waals surface area contributed by atoms with Gasteiger partial charge in [-0.2, -0.15) is 0 Å². The van der Waals surface area contributed by atoms with Gasteiger partial charge >= 0.3 is 0 Å². The molecule has 0 aromatic carbocycles. The van der Waals surface area contributed by atoms with E-state index in [1.807, 2.05) is 11.3 Å². The number of fused-ring (bicyclic) bond motifs is 3. The van der Waals surface area contributed by atoms with Crippen LogP contribution in [-0.4, -0.2) is 72.8 Å². The molecule has 9 heteroatoms. The monoisotopic (exact) mass is 416 g/mol. The molecule has 2 fully saturated rings. The van der Waals surface area contributed by atoms with E-state index in [0.717, 1.165) is 75.3 Å². The van der Waals surface area contributed by atoms with Crippen LogP contribution in [0.25, 0.3) is 10.2 Å². The van der Waals surface area contributed by atoms with Gasteiger partial charge in [0.15, 0.2) is 0 Å². The molecule has 5 rings (SSSR count). The van der Waals surface area contributed by atoms with E-state index in [9.17, 15) is 4.79 Å². The standard InChI is InChI=1S/C20H28N6O2S/c21-18(27)14-11-26(6-5-22-14)19-17-13-3-1-2-4-15(13)29-20(17)24-16(23-19)12-25-7-9-28-10-8-25/h14,22H,1-12H2,(H2,21,27). The molecule has 0 radical (unpaired) electrons. The Labute approximate surface area is 174 Å². The number of hydrogen-bond acceptors (Lipinski definition) is 8. The molecule has 0 spiro atoms. The van der Waals surface area contributed by atoms with Gasteiger partial charge in [-0.15, -0.1) is 11.3 Å². The Balaban J connectivity index is 1.55. The zero-order valence-electron chi connectivity index (χ0n) is 16.7. The number of carbonyl (C=O) groups excluding carboxylic acids is 1. The highest BCUT2D eigenvalue weighted by Gasteiger charge is 2.29. The largest absolute Gasteiger partial charge is 0.379 e. The number of hydrogen-bond donors (Lipinski definition) is 2. The van der Waals surface area contributed by atoms with Gasteiger partial charge in [-0.3, -0.25) is 9.69 Å². The SMILES string of the molecule is NC(=O)C1CN(c2nc(CN3CCOCC3)nc3sc4c(c23)CCCC4)CCN1. The van der Waals surface area contributed by atoms with Crippen molar-refractivity contribution in [2.45, 2.75) is 38.3 Å². The summed E-state index contributed by atoms with van der Waals surface area (Å²) in [7, 11) is 0. The Morgan fingerprint density at radius 1 is 1.21 bits per heavy atom. The molecule has 8 nitrogen and oxygen atoms in total. The van der Waals surface area contributed by atoms with Gasteiger partial charge < -0.3 is 20.7 Å². The van der Waals surface area contributed by atoms with Crippen LogP contribution in [0.3, 0.4) is 0 Å². The number of primary amides is 1.